The molecule has 1 aromatic heterocycles. The van der Waals surface area contributed by atoms with Crippen molar-refractivity contribution in [1.82, 2.24) is 4.98 Å². The van der Waals surface area contributed by atoms with Gasteiger partial charge in [-0.15, -0.1) is 0 Å². The maximum absolute atomic E-state index is 10.2. The summed E-state index contributed by atoms with van der Waals surface area (Å²) in [6.45, 7) is 4.00. The Balaban J connectivity index is 0.000000671. The van der Waals surface area contributed by atoms with Gasteiger partial charge in [-0.05, 0) is 11.6 Å². The van der Waals surface area contributed by atoms with E-state index in [9.17, 15) is 4.79 Å². The molecule has 1 heterocycles. The van der Waals surface area contributed by atoms with Gasteiger partial charge in [0.2, 0.25) is 0 Å². The average molecular weight is 202 g/mol. The quantitative estimate of drug-likeness (QED) is 0.748. The maximum atomic E-state index is 10.2. The molecule has 0 bridgehead atoms. The molecule has 0 saturated carbocycles. The zero-order chi connectivity index (χ0) is 10.3. The molecule has 0 amide bonds. The van der Waals surface area contributed by atoms with Crippen LogP contribution in [0.1, 0.15) is 19.4 Å². The van der Waals surface area contributed by atoms with Crippen molar-refractivity contribution in [1.29, 1.82) is 0 Å². The Morgan fingerprint density at radius 3 is 2.54 bits per heavy atom. The number of rotatable bonds is 2. The topological polar surface area (TPSA) is 50.2 Å². The molecule has 0 atom stereocenters. The van der Waals surface area contributed by atoms with Crippen LogP contribution in [0.15, 0.2) is 18.3 Å². The minimum Gasteiger partial charge on any atom is -0.481 e. The molecule has 4 heteroatoms. The first-order valence-electron chi connectivity index (χ1n) is 4.00. The van der Waals surface area contributed by atoms with E-state index in [1.165, 1.54) is 6.20 Å². The van der Waals surface area contributed by atoms with E-state index in [1.54, 1.807) is 12.1 Å². The molecule has 0 unspecified atom stereocenters. The molecule has 0 spiro atoms. The Kier molecular flexibility index (Phi) is 5.89. The van der Waals surface area contributed by atoms with Crippen LogP contribution in [-0.2, 0) is 11.2 Å². The van der Waals surface area contributed by atoms with Crippen molar-refractivity contribution in [2.24, 2.45) is 0 Å². The van der Waals surface area contributed by atoms with Crippen molar-refractivity contribution in [3.63, 3.8) is 0 Å². The summed E-state index contributed by atoms with van der Waals surface area (Å²) in [6.07, 6.45) is 1.45. The fourth-order valence-corrected chi connectivity index (χ4v) is 0.797. The molecule has 0 aliphatic carbocycles. The predicted molar refractivity (Wildman–Crippen MR) is 51.9 cm³/mol. The van der Waals surface area contributed by atoms with Gasteiger partial charge in [-0.3, -0.25) is 4.79 Å². The van der Waals surface area contributed by atoms with Gasteiger partial charge in [0.25, 0.3) is 0 Å². The van der Waals surface area contributed by atoms with E-state index in [2.05, 4.69) is 4.98 Å². The molecule has 1 aromatic rings. The lowest BCUT2D eigenvalue weighted by Crippen LogP contribution is -1.99. The lowest BCUT2D eigenvalue weighted by atomic mass is 10.2. The Morgan fingerprint density at radius 1 is 1.54 bits per heavy atom. The van der Waals surface area contributed by atoms with E-state index in [4.69, 9.17) is 16.7 Å². The van der Waals surface area contributed by atoms with Crippen LogP contribution in [0.25, 0.3) is 0 Å². The zero-order valence-corrected chi connectivity index (χ0v) is 8.38. The van der Waals surface area contributed by atoms with Crippen molar-refractivity contribution in [3.05, 3.63) is 29.0 Å². The molecule has 0 aromatic carbocycles. The summed E-state index contributed by atoms with van der Waals surface area (Å²) >= 11 is 5.49. The number of hydrogen-bond donors (Lipinski definition) is 1. The lowest BCUT2D eigenvalue weighted by Gasteiger charge is -1.94. The van der Waals surface area contributed by atoms with Crippen LogP contribution in [0, 0.1) is 0 Å². The molecule has 3 nitrogen and oxygen atoms in total. The number of aliphatic carboxylic acids is 1. The summed E-state index contributed by atoms with van der Waals surface area (Å²) in [7, 11) is 0. The van der Waals surface area contributed by atoms with Crippen molar-refractivity contribution in [2.75, 3.05) is 0 Å². The van der Waals surface area contributed by atoms with Crippen LogP contribution in [0.4, 0.5) is 0 Å². The fourth-order valence-electron chi connectivity index (χ4n) is 0.686. The molecule has 0 radical (unpaired) electrons. The number of carboxylic acid groups (broad SMARTS) is 1. The molecule has 13 heavy (non-hydrogen) atoms. The molecular weight excluding hydrogens is 190 g/mol. The van der Waals surface area contributed by atoms with E-state index in [-0.39, 0.29) is 6.42 Å². The minimum absolute atomic E-state index is 0.00975. The normalized spacial score (nSPS) is 8.54. The van der Waals surface area contributed by atoms with Crippen molar-refractivity contribution in [2.45, 2.75) is 20.3 Å². The van der Waals surface area contributed by atoms with Gasteiger partial charge >= 0.3 is 5.97 Å². The number of hydrogen-bond acceptors (Lipinski definition) is 2. The van der Waals surface area contributed by atoms with Crippen LogP contribution in [0.2, 0.25) is 5.15 Å². The third-order valence-corrected chi connectivity index (χ3v) is 1.37. The second kappa shape index (κ2) is 6.43. The van der Waals surface area contributed by atoms with Gasteiger partial charge in [-0.2, -0.15) is 0 Å². The molecule has 1 rings (SSSR count). The van der Waals surface area contributed by atoms with E-state index < -0.39 is 5.97 Å². The fraction of sp³-hybridized carbons (Fsp3) is 0.333. The highest BCUT2D eigenvalue weighted by molar-refractivity contribution is 6.29. The molecular formula is C9H12ClNO2. The van der Waals surface area contributed by atoms with Crippen LogP contribution >= 0.6 is 11.6 Å². The van der Waals surface area contributed by atoms with Gasteiger partial charge in [0.05, 0.1) is 6.42 Å². The maximum Gasteiger partial charge on any atom is 0.307 e. The molecule has 1 N–H and O–H groups in total. The van der Waals surface area contributed by atoms with Gasteiger partial charge in [0.15, 0.2) is 0 Å². The number of halogens is 1. The minimum atomic E-state index is -0.867. The number of carbonyl (C=O) groups is 1. The van der Waals surface area contributed by atoms with Gasteiger partial charge in [0, 0.05) is 6.20 Å². The SMILES string of the molecule is CC.O=C(O)Cc1ccc(Cl)nc1. The smallest absolute Gasteiger partial charge is 0.307 e. The lowest BCUT2D eigenvalue weighted by molar-refractivity contribution is -0.136. The standard InChI is InChI=1S/C7H6ClNO2.C2H6/c8-6-2-1-5(4-9-6)3-7(10)11;1-2/h1-2,4H,3H2,(H,10,11);1-2H3. The molecule has 0 aliphatic heterocycles. The highest BCUT2D eigenvalue weighted by atomic mass is 35.5. The van der Waals surface area contributed by atoms with E-state index in [0.29, 0.717) is 10.7 Å². The largest absolute Gasteiger partial charge is 0.481 e. The van der Waals surface area contributed by atoms with Crippen molar-refractivity contribution in [3.8, 4) is 0 Å². The third kappa shape index (κ3) is 5.20. The van der Waals surface area contributed by atoms with Gasteiger partial charge in [-0.25, -0.2) is 4.98 Å². The number of carboxylic acids is 1. The zero-order valence-electron chi connectivity index (χ0n) is 7.62. The van der Waals surface area contributed by atoms with E-state index in [1.807, 2.05) is 13.8 Å². The Morgan fingerprint density at radius 2 is 2.15 bits per heavy atom. The predicted octanol–water partition coefficient (Wildman–Crippen LogP) is 2.39. The van der Waals surface area contributed by atoms with Gasteiger partial charge < -0.3 is 5.11 Å². The van der Waals surface area contributed by atoms with Gasteiger partial charge in [-0.1, -0.05) is 31.5 Å². The summed E-state index contributed by atoms with van der Waals surface area (Å²) < 4.78 is 0. The third-order valence-electron chi connectivity index (χ3n) is 1.14. The van der Waals surface area contributed by atoms with Crippen LogP contribution < -0.4 is 0 Å². The monoisotopic (exact) mass is 201 g/mol. The van der Waals surface area contributed by atoms with Gasteiger partial charge in [0.1, 0.15) is 5.15 Å². The number of nitrogens with zero attached hydrogens (tertiary/aromatic N) is 1. The highest BCUT2D eigenvalue weighted by Gasteiger charge is 1.99. The summed E-state index contributed by atoms with van der Waals surface area (Å²) in [5, 5.41) is 8.75. The van der Waals surface area contributed by atoms with Crippen LogP contribution in [0.3, 0.4) is 0 Å². The first-order chi connectivity index (χ1) is 6.18. The highest BCUT2D eigenvalue weighted by Crippen LogP contribution is 2.05. The number of pyridine rings is 1. The number of aromatic nitrogens is 1. The summed E-state index contributed by atoms with van der Waals surface area (Å²) in [4.78, 5) is 13.9. The van der Waals surface area contributed by atoms with E-state index in [0.717, 1.165) is 0 Å². The molecule has 0 aliphatic rings. The van der Waals surface area contributed by atoms with Crippen molar-refractivity contribution < 1.29 is 9.90 Å². The second-order valence-corrected chi connectivity index (χ2v) is 2.45. The van der Waals surface area contributed by atoms with Crippen LogP contribution in [-0.4, -0.2) is 16.1 Å². The molecule has 72 valence electrons. The van der Waals surface area contributed by atoms with E-state index >= 15 is 0 Å². The molecule has 0 saturated heterocycles. The summed E-state index contributed by atoms with van der Waals surface area (Å²) in [6, 6.07) is 3.21. The Hall–Kier alpha value is -1.09. The van der Waals surface area contributed by atoms with Crippen molar-refractivity contribution >= 4 is 17.6 Å². The summed E-state index contributed by atoms with van der Waals surface area (Å²) in [5.74, 6) is -0.867. The first kappa shape index (κ1) is 11.9. The second-order valence-electron chi connectivity index (χ2n) is 2.06. The van der Waals surface area contributed by atoms with Crippen LogP contribution in [0.5, 0.6) is 0 Å². The summed E-state index contributed by atoms with van der Waals surface area (Å²) in [5.41, 5.74) is 0.655. The average Bonchev–Trinajstić information content (AvgIpc) is 2.12. The Labute approximate surface area is 82.4 Å². The molecule has 0 fully saturated rings. The Bertz CT molecular complexity index is 259. The first-order valence-corrected chi connectivity index (χ1v) is 4.38.